The van der Waals surface area contributed by atoms with E-state index in [1.807, 2.05) is 29.8 Å². The molecule has 0 aliphatic carbocycles. The molecule has 4 rings (SSSR count). The van der Waals surface area contributed by atoms with E-state index in [9.17, 15) is 22.8 Å². The summed E-state index contributed by atoms with van der Waals surface area (Å²) >= 11 is 0. The van der Waals surface area contributed by atoms with Crippen molar-refractivity contribution in [1.82, 2.24) is 14.5 Å². The zero-order valence-electron chi connectivity index (χ0n) is 30.1. The number of hydrogen-bond donors (Lipinski definition) is 4. The summed E-state index contributed by atoms with van der Waals surface area (Å²) in [5.74, 6) is 0.0436. The van der Waals surface area contributed by atoms with Gasteiger partial charge in [0, 0.05) is 36.6 Å². The van der Waals surface area contributed by atoms with Crippen molar-refractivity contribution in [2.24, 2.45) is 17.8 Å². The number of amides is 2. The number of aliphatic hydroxyl groups excluding tert-OH is 1. The van der Waals surface area contributed by atoms with Crippen LogP contribution in [0.3, 0.4) is 0 Å². The third-order valence-corrected chi connectivity index (χ3v) is 8.35. The molecule has 0 bridgehead atoms. The molecule has 2 aromatic carbocycles. The molecular weight excluding hydrogens is 707 g/mol. The summed E-state index contributed by atoms with van der Waals surface area (Å²) in [5, 5.41) is 11.2. The van der Waals surface area contributed by atoms with E-state index in [2.05, 4.69) is 22.2 Å². The minimum atomic E-state index is -3.92. The smallest absolute Gasteiger partial charge is 0.435 e. The topological polar surface area (TPSA) is 229 Å². The Kier molecular flexibility index (Phi) is 16.8. The molecule has 0 spiro atoms. The quantitative estimate of drug-likeness (QED) is 0.0384. The Morgan fingerprint density at radius 2 is 1.74 bits per heavy atom. The number of benzene rings is 2. The summed E-state index contributed by atoms with van der Waals surface area (Å²) in [6, 6.07) is 17.9. The van der Waals surface area contributed by atoms with Crippen molar-refractivity contribution in [2.75, 3.05) is 42.3 Å². The standard InChI is InChI=1S/C34H41N7O5.C2H6O4S/c1-4-6-7-10-21-46-34(44)39-32(35)24-12-15-26(16-13-24)37-23-30-38-27-22-25(14-17-28(27)40(30)3)33(43)41(20-18-31(42)45-5-2)29-11-8-9-19-36-29;3-1-2-7(4,5)6/h8-9,11-17,19,22,37H,4-7,10,18,20-21,23H2,1-3H3,(H2,35,39,44);3H,1-2H2,(H,4,5,6). The van der Waals surface area contributed by atoms with Crippen LogP contribution in [0.15, 0.2) is 71.9 Å². The molecule has 0 saturated heterocycles. The highest BCUT2D eigenvalue weighted by Gasteiger charge is 2.21. The predicted molar refractivity (Wildman–Crippen MR) is 201 cm³/mol. The van der Waals surface area contributed by atoms with Crippen LogP contribution >= 0.6 is 0 Å². The zero-order chi connectivity index (χ0) is 38.8. The number of imidazole rings is 1. The van der Waals surface area contributed by atoms with E-state index in [1.165, 1.54) is 4.90 Å². The van der Waals surface area contributed by atoms with Gasteiger partial charge < -0.3 is 30.2 Å². The Bertz CT molecular complexity index is 1930. The maximum atomic E-state index is 13.6. The van der Waals surface area contributed by atoms with E-state index in [0.29, 0.717) is 35.6 Å². The van der Waals surface area contributed by atoms with Crippen molar-refractivity contribution >= 4 is 56.5 Å². The number of fused-ring (bicyclic) bond motifs is 1. The van der Waals surface area contributed by atoms with Crippen LogP contribution in [0.25, 0.3) is 11.0 Å². The summed E-state index contributed by atoms with van der Waals surface area (Å²) in [5.41, 5.74) is 9.40. The second-order valence-electron chi connectivity index (χ2n) is 11.6. The normalized spacial score (nSPS) is 11.4. The summed E-state index contributed by atoms with van der Waals surface area (Å²) < 4.78 is 39.2. The summed E-state index contributed by atoms with van der Waals surface area (Å²) in [6.07, 6.45) is 4.99. The zero-order valence-corrected chi connectivity index (χ0v) is 30.9. The van der Waals surface area contributed by atoms with Crippen molar-refractivity contribution in [1.29, 1.82) is 0 Å². The molecule has 2 aromatic heterocycles. The van der Waals surface area contributed by atoms with Crippen LogP contribution in [0.4, 0.5) is 16.3 Å². The number of hydrogen-bond acceptors (Lipinski definition) is 11. The molecule has 0 saturated carbocycles. The van der Waals surface area contributed by atoms with Crippen LogP contribution in [-0.4, -0.2) is 88.5 Å². The number of aryl methyl sites for hydroxylation is 1. The first kappa shape index (κ1) is 42.0. The number of aliphatic imine (C=N–C) groups is 1. The van der Waals surface area contributed by atoms with Crippen LogP contribution in [0.5, 0.6) is 0 Å². The Balaban J connectivity index is 0.000000980. The van der Waals surface area contributed by atoms with E-state index in [0.717, 1.165) is 42.7 Å². The number of ether oxygens (including phenoxy) is 2. The molecule has 0 aliphatic rings. The maximum absolute atomic E-state index is 13.6. The molecule has 0 fully saturated rings. The number of nitrogens with one attached hydrogen (secondary N) is 1. The molecule has 4 aromatic rings. The number of nitrogens with two attached hydrogens (primary N) is 1. The number of rotatable bonds is 17. The second kappa shape index (κ2) is 21.2. The van der Waals surface area contributed by atoms with Crippen LogP contribution in [-0.2, 0) is 38.0 Å². The summed E-state index contributed by atoms with van der Waals surface area (Å²) in [7, 11) is -2.01. The lowest BCUT2D eigenvalue weighted by Crippen LogP contribution is -2.34. The highest BCUT2D eigenvalue weighted by molar-refractivity contribution is 7.85. The van der Waals surface area contributed by atoms with Gasteiger partial charge in [0.1, 0.15) is 17.5 Å². The fourth-order valence-corrected chi connectivity index (χ4v) is 5.14. The number of pyridine rings is 1. The van der Waals surface area contributed by atoms with Crippen molar-refractivity contribution in [2.45, 2.75) is 52.5 Å². The van der Waals surface area contributed by atoms with Gasteiger partial charge in [-0.3, -0.25) is 19.0 Å². The number of unbranched alkanes of at least 4 members (excludes halogenated alkanes) is 3. The summed E-state index contributed by atoms with van der Waals surface area (Å²) in [6.45, 7) is 4.49. The molecular formula is C36H47N7O9S. The van der Waals surface area contributed by atoms with Gasteiger partial charge in [-0.25, -0.2) is 14.8 Å². The molecule has 286 valence electrons. The SMILES string of the molecule is CCCCCCOC(=O)/N=C(/N)c1ccc(NCc2nc3cc(C(=O)N(CCC(=O)OCC)c4ccccn4)ccc3n2C)cc1.O=S(=O)(O)CCO. The van der Waals surface area contributed by atoms with Crippen LogP contribution in [0.2, 0.25) is 0 Å². The fraction of sp³-hybridized carbons (Fsp3) is 0.389. The lowest BCUT2D eigenvalue weighted by atomic mass is 10.1. The largest absolute Gasteiger partial charge is 0.466 e. The highest BCUT2D eigenvalue weighted by atomic mass is 32.2. The molecule has 0 atom stereocenters. The lowest BCUT2D eigenvalue weighted by Gasteiger charge is -2.21. The van der Waals surface area contributed by atoms with Crippen LogP contribution in [0.1, 0.15) is 67.7 Å². The predicted octanol–water partition coefficient (Wildman–Crippen LogP) is 4.47. The first-order chi connectivity index (χ1) is 25.4. The van der Waals surface area contributed by atoms with Gasteiger partial charge in [0.05, 0.1) is 49.6 Å². The monoisotopic (exact) mass is 753 g/mol. The molecule has 2 heterocycles. The van der Waals surface area contributed by atoms with E-state index >= 15 is 0 Å². The third kappa shape index (κ3) is 13.9. The van der Waals surface area contributed by atoms with Gasteiger partial charge in [0.15, 0.2) is 0 Å². The van der Waals surface area contributed by atoms with E-state index in [1.54, 1.807) is 55.6 Å². The molecule has 16 nitrogen and oxygen atoms in total. The number of carbonyl (C=O) groups is 3. The Morgan fingerprint density at radius 3 is 2.36 bits per heavy atom. The second-order valence-corrected chi connectivity index (χ2v) is 13.2. The number of nitrogens with zero attached hydrogens (tertiary/aromatic N) is 5. The molecule has 17 heteroatoms. The first-order valence-corrected chi connectivity index (χ1v) is 18.7. The first-order valence-electron chi connectivity index (χ1n) is 17.1. The minimum Gasteiger partial charge on any atom is -0.466 e. The highest BCUT2D eigenvalue weighted by Crippen LogP contribution is 2.21. The van der Waals surface area contributed by atoms with E-state index < -0.39 is 28.6 Å². The van der Waals surface area contributed by atoms with Gasteiger partial charge in [-0.1, -0.05) is 32.3 Å². The Morgan fingerprint density at radius 1 is 1.00 bits per heavy atom. The minimum absolute atomic E-state index is 0.0455. The molecule has 2 amide bonds. The molecule has 0 aliphatic heterocycles. The van der Waals surface area contributed by atoms with Crippen LogP contribution in [0, 0.1) is 0 Å². The van der Waals surface area contributed by atoms with Gasteiger partial charge in [-0.2, -0.15) is 13.4 Å². The number of aromatic nitrogens is 3. The molecule has 5 N–H and O–H groups in total. The lowest BCUT2D eigenvalue weighted by molar-refractivity contribution is -0.142. The number of esters is 1. The Hall–Kier alpha value is -5.39. The average Bonchev–Trinajstić information content (AvgIpc) is 3.45. The van der Waals surface area contributed by atoms with Gasteiger partial charge in [0.25, 0.3) is 16.0 Å². The molecule has 53 heavy (non-hydrogen) atoms. The van der Waals surface area contributed by atoms with Crippen molar-refractivity contribution < 1.29 is 41.9 Å². The fourth-order valence-electron chi connectivity index (χ4n) is 4.91. The number of aliphatic hydroxyl groups is 1. The van der Waals surface area contributed by atoms with Crippen molar-refractivity contribution in [3.63, 3.8) is 0 Å². The van der Waals surface area contributed by atoms with Crippen molar-refractivity contribution in [3.05, 3.63) is 83.8 Å². The molecule has 0 radical (unpaired) electrons. The molecule has 0 unspecified atom stereocenters. The average molecular weight is 754 g/mol. The number of carbonyl (C=O) groups excluding carboxylic acids is 3. The van der Waals surface area contributed by atoms with E-state index in [4.69, 9.17) is 29.9 Å². The van der Waals surface area contributed by atoms with Gasteiger partial charge >= 0.3 is 12.1 Å². The third-order valence-electron chi connectivity index (χ3n) is 7.65. The summed E-state index contributed by atoms with van der Waals surface area (Å²) in [4.78, 5) is 52.0. The number of amidine groups is 1. The van der Waals surface area contributed by atoms with Crippen molar-refractivity contribution in [3.8, 4) is 0 Å². The van der Waals surface area contributed by atoms with Crippen LogP contribution < -0.4 is 16.0 Å². The Labute approximate surface area is 308 Å². The van der Waals surface area contributed by atoms with Gasteiger partial charge in [-0.05, 0) is 67.9 Å². The maximum Gasteiger partial charge on any atom is 0.435 e. The van der Waals surface area contributed by atoms with Gasteiger partial charge in [0.2, 0.25) is 0 Å². The number of anilines is 2. The van der Waals surface area contributed by atoms with Gasteiger partial charge in [-0.15, -0.1) is 0 Å². The van der Waals surface area contributed by atoms with E-state index in [-0.39, 0.29) is 37.3 Å².